The number of quaternary nitrogens is 1. The molecule has 0 aliphatic carbocycles. The van der Waals surface area contributed by atoms with E-state index in [-0.39, 0.29) is 24.9 Å². The fraction of sp³-hybridized carbons (Fsp3) is 0.803. The van der Waals surface area contributed by atoms with Gasteiger partial charge in [-0.25, -0.2) is 0 Å². The number of unbranched alkanes of at least 4 members (excludes halogenated alkanes) is 36. The minimum atomic E-state index is -4.71. The van der Waals surface area contributed by atoms with Crippen molar-refractivity contribution in [2.75, 3.05) is 40.9 Å². The first kappa shape index (κ1) is 78.5. The van der Waals surface area contributed by atoms with E-state index in [0.29, 0.717) is 23.9 Å². The van der Waals surface area contributed by atoms with Gasteiger partial charge in [-0.15, -0.1) is 0 Å². The fourth-order valence-corrected chi connectivity index (χ4v) is 10.5. The Labute approximate surface area is 502 Å². The highest BCUT2D eigenvalue weighted by molar-refractivity contribution is 7.45. The Morgan fingerprint density at radius 1 is 0.432 bits per heavy atom. The molecule has 0 spiro atoms. The van der Waals surface area contributed by atoms with Gasteiger partial charge in [-0.05, 0) is 102 Å². The molecular formula is C71H131N2O7P. The molecule has 10 heteroatoms. The van der Waals surface area contributed by atoms with Crippen molar-refractivity contribution >= 4 is 19.7 Å². The first-order valence-electron chi connectivity index (χ1n) is 34.2. The van der Waals surface area contributed by atoms with Crippen LogP contribution in [0, 0.1) is 0 Å². The van der Waals surface area contributed by atoms with Crippen molar-refractivity contribution in [2.24, 2.45) is 0 Å². The van der Waals surface area contributed by atoms with Crippen LogP contribution in [0.15, 0.2) is 72.9 Å². The average molecular weight is 1160 g/mol. The maximum Gasteiger partial charge on any atom is 0.306 e. The SMILES string of the molecule is CCCCC/C=C\C/C=C\C/C=C\C/C=C\CCCCCCCC(=O)NC(COP(=O)([O-])OCC[N+](C)(C)C)C(/C=C/CCCCCCCCCCCCC)OC(=O)CCCCCCCCCCCCC/C=C/CCCCCCCC. The topological polar surface area (TPSA) is 114 Å². The van der Waals surface area contributed by atoms with E-state index in [9.17, 15) is 19.0 Å². The molecule has 1 N–H and O–H groups in total. The number of allylic oxidation sites excluding steroid dienone is 11. The molecule has 0 heterocycles. The Morgan fingerprint density at radius 3 is 1.16 bits per heavy atom. The van der Waals surface area contributed by atoms with Crippen molar-refractivity contribution in [1.29, 1.82) is 0 Å². The van der Waals surface area contributed by atoms with Gasteiger partial charge >= 0.3 is 5.97 Å². The summed E-state index contributed by atoms with van der Waals surface area (Å²) in [6.45, 7) is 6.83. The Bertz CT molecular complexity index is 1620. The van der Waals surface area contributed by atoms with E-state index in [0.717, 1.165) is 89.9 Å². The van der Waals surface area contributed by atoms with Crippen LogP contribution in [-0.2, 0) is 27.9 Å². The van der Waals surface area contributed by atoms with Crippen LogP contribution in [0.1, 0.15) is 316 Å². The standard InChI is InChI=1S/C71H131N2O7P/c1-7-10-13-16-19-22-25-28-30-32-34-36-38-40-42-45-48-51-54-57-60-63-70(74)72-68(67-79-81(76,77)78-66-65-73(4,5)6)69(62-59-56-53-50-47-44-27-24-21-18-15-12-9-3)80-71(75)64-61-58-55-52-49-46-43-41-39-37-35-33-31-29-26-23-20-17-14-11-8-2/h19,22,28-31,34,36,40,42,59,62,68-69H,7-18,20-21,23-27,32-33,35,37-39,41,43-58,60-61,63-67H2,1-6H3,(H-,72,74,76,77)/b22-19-,30-28-,31-29+,36-34-,42-40-,62-59+. The van der Waals surface area contributed by atoms with Gasteiger partial charge in [0.15, 0.2) is 0 Å². The number of nitrogens with zero attached hydrogens (tertiary/aromatic N) is 1. The summed E-state index contributed by atoms with van der Waals surface area (Å²) in [5.74, 6) is -0.555. The van der Waals surface area contributed by atoms with Gasteiger partial charge < -0.3 is 28.5 Å². The maximum absolute atomic E-state index is 13.6. The summed E-state index contributed by atoms with van der Waals surface area (Å²) >= 11 is 0. The van der Waals surface area contributed by atoms with Crippen molar-refractivity contribution in [3.63, 3.8) is 0 Å². The number of rotatable bonds is 62. The van der Waals surface area contributed by atoms with Crippen LogP contribution in [0.4, 0.5) is 0 Å². The third-order valence-electron chi connectivity index (χ3n) is 15.1. The van der Waals surface area contributed by atoms with Gasteiger partial charge in [-0.1, -0.05) is 274 Å². The second kappa shape index (κ2) is 60.6. The Kier molecular flexibility index (Phi) is 58.7. The highest BCUT2D eigenvalue weighted by Crippen LogP contribution is 2.38. The van der Waals surface area contributed by atoms with E-state index < -0.39 is 26.6 Å². The smallest absolute Gasteiger partial charge is 0.306 e. The number of carbonyl (C=O) groups is 2. The molecule has 3 unspecified atom stereocenters. The summed E-state index contributed by atoms with van der Waals surface area (Å²) in [7, 11) is 1.17. The monoisotopic (exact) mass is 1150 g/mol. The van der Waals surface area contributed by atoms with E-state index in [4.69, 9.17) is 13.8 Å². The molecule has 0 rings (SSSR count). The molecule has 0 saturated carbocycles. The minimum absolute atomic E-state index is 0.0280. The number of carbonyl (C=O) groups excluding carboxylic acids is 2. The van der Waals surface area contributed by atoms with Crippen LogP contribution >= 0.6 is 7.82 Å². The van der Waals surface area contributed by atoms with Crippen molar-refractivity contribution < 1.29 is 37.3 Å². The molecule has 0 radical (unpaired) electrons. The number of phosphoric ester groups is 1. The first-order valence-corrected chi connectivity index (χ1v) is 35.7. The summed E-state index contributed by atoms with van der Waals surface area (Å²) < 4.78 is 30.4. The van der Waals surface area contributed by atoms with E-state index in [2.05, 4.69) is 86.8 Å². The lowest BCUT2D eigenvalue weighted by Gasteiger charge is -2.30. The molecule has 1 amide bonds. The second-order valence-corrected chi connectivity index (χ2v) is 25.7. The van der Waals surface area contributed by atoms with Crippen LogP contribution in [-0.4, -0.2) is 69.4 Å². The zero-order chi connectivity index (χ0) is 59.3. The van der Waals surface area contributed by atoms with Crippen LogP contribution in [0.25, 0.3) is 0 Å². The van der Waals surface area contributed by atoms with E-state index in [1.165, 1.54) is 186 Å². The molecule has 3 atom stereocenters. The van der Waals surface area contributed by atoms with E-state index in [1.807, 2.05) is 33.3 Å². The highest BCUT2D eigenvalue weighted by atomic mass is 31.2. The van der Waals surface area contributed by atoms with Crippen LogP contribution in [0.2, 0.25) is 0 Å². The highest BCUT2D eigenvalue weighted by Gasteiger charge is 2.27. The molecule has 0 aliphatic rings. The number of nitrogens with one attached hydrogen (secondary N) is 1. The molecule has 0 aliphatic heterocycles. The van der Waals surface area contributed by atoms with Gasteiger partial charge in [0.1, 0.15) is 19.3 Å². The molecule has 0 saturated heterocycles. The third kappa shape index (κ3) is 61.8. The lowest BCUT2D eigenvalue weighted by atomic mass is 10.0. The number of ether oxygens (including phenoxy) is 1. The van der Waals surface area contributed by atoms with E-state index in [1.54, 1.807) is 0 Å². The predicted octanol–water partition coefficient (Wildman–Crippen LogP) is 20.9. The minimum Gasteiger partial charge on any atom is -0.756 e. The van der Waals surface area contributed by atoms with Crippen molar-refractivity contribution in [2.45, 2.75) is 328 Å². The van der Waals surface area contributed by atoms with Crippen LogP contribution < -0.4 is 10.2 Å². The normalized spacial score (nSPS) is 14.0. The van der Waals surface area contributed by atoms with Gasteiger partial charge in [-0.2, -0.15) is 0 Å². The molecule has 0 bridgehead atoms. The molecule has 0 fully saturated rings. The number of hydrogen-bond acceptors (Lipinski definition) is 7. The Morgan fingerprint density at radius 2 is 0.753 bits per heavy atom. The number of likely N-dealkylation sites (N-methyl/N-ethyl adjacent to an activating group) is 1. The lowest BCUT2D eigenvalue weighted by molar-refractivity contribution is -0.870. The lowest BCUT2D eigenvalue weighted by Crippen LogP contribution is -2.47. The molecule has 9 nitrogen and oxygen atoms in total. The van der Waals surface area contributed by atoms with Crippen LogP contribution in [0.3, 0.4) is 0 Å². The zero-order valence-corrected chi connectivity index (χ0v) is 54.9. The molecule has 0 aromatic heterocycles. The summed E-state index contributed by atoms with van der Waals surface area (Å²) in [6.07, 6.45) is 78.7. The largest absolute Gasteiger partial charge is 0.756 e. The average Bonchev–Trinajstić information content (AvgIpc) is 3.44. The van der Waals surface area contributed by atoms with Gasteiger partial charge in [0.2, 0.25) is 5.91 Å². The van der Waals surface area contributed by atoms with Gasteiger partial charge in [0.25, 0.3) is 7.82 Å². The van der Waals surface area contributed by atoms with E-state index >= 15 is 0 Å². The summed E-state index contributed by atoms with van der Waals surface area (Å²) in [5.41, 5.74) is 0. The number of esters is 1. The Hall–Kier alpha value is -2.55. The second-order valence-electron chi connectivity index (χ2n) is 24.3. The maximum atomic E-state index is 13.6. The van der Waals surface area contributed by atoms with Crippen molar-refractivity contribution in [3.05, 3.63) is 72.9 Å². The van der Waals surface area contributed by atoms with Gasteiger partial charge in [0.05, 0.1) is 33.8 Å². The predicted molar refractivity (Wildman–Crippen MR) is 348 cm³/mol. The molecule has 472 valence electrons. The third-order valence-corrected chi connectivity index (χ3v) is 16.1. The number of hydrogen-bond donors (Lipinski definition) is 1. The number of phosphoric acid groups is 1. The summed E-state index contributed by atoms with van der Waals surface area (Å²) in [5, 5.41) is 3.03. The molecular weight excluding hydrogens is 1020 g/mol. The van der Waals surface area contributed by atoms with Crippen molar-refractivity contribution in [1.82, 2.24) is 5.32 Å². The zero-order valence-electron chi connectivity index (χ0n) is 54.0. The molecule has 0 aromatic carbocycles. The summed E-state index contributed by atoms with van der Waals surface area (Å²) in [6, 6.07) is -0.902. The fourth-order valence-electron chi connectivity index (χ4n) is 9.80. The first-order chi connectivity index (χ1) is 39.4. The molecule has 0 aromatic rings. The number of amides is 1. The van der Waals surface area contributed by atoms with Gasteiger partial charge in [0, 0.05) is 12.8 Å². The van der Waals surface area contributed by atoms with Gasteiger partial charge in [-0.3, -0.25) is 14.2 Å². The van der Waals surface area contributed by atoms with Crippen LogP contribution in [0.5, 0.6) is 0 Å². The van der Waals surface area contributed by atoms with Crippen molar-refractivity contribution in [3.8, 4) is 0 Å². The summed E-state index contributed by atoms with van der Waals surface area (Å²) in [4.78, 5) is 40.1. The Balaban J connectivity index is 5.21. The quantitative estimate of drug-likeness (QED) is 0.0212. The molecule has 81 heavy (non-hydrogen) atoms.